The van der Waals surface area contributed by atoms with Gasteiger partial charge in [0.05, 0.1) is 17.0 Å². The Morgan fingerprint density at radius 2 is 2.00 bits per heavy atom. The van der Waals surface area contributed by atoms with Crippen LogP contribution in [0.25, 0.3) is 0 Å². The molecule has 31 heavy (non-hydrogen) atoms. The predicted octanol–water partition coefficient (Wildman–Crippen LogP) is 0.842. The summed E-state index contributed by atoms with van der Waals surface area (Å²) in [7, 11) is 0. The molecule has 0 saturated heterocycles. The normalized spacial score (nSPS) is 25.4. The number of Topliss-reactive ketones (excluding diaryl/α,β-unsaturated/α-hetero) is 1. The summed E-state index contributed by atoms with van der Waals surface area (Å²) in [5.74, 6) is 4.64. The van der Waals surface area contributed by atoms with Crippen molar-refractivity contribution in [2.45, 2.75) is 51.4 Å². The van der Waals surface area contributed by atoms with Crippen molar-refractivity contribution in [3.63, 3.8) is 0 Å². The first-order valence-corrected chi connectivity index (χ1v) is 9.95. The zero-order valence-electron chi connectivity index (χ0n) is 17.2. The van der Waals surface area contributed by atoms with E-state index in [2.05, 4.69) is 15.1 Å². The van der Waals surface area contributed by atoms with E-state index in [1.165, 1.54) is 18.6 Å². The molecule has 0 spiro atoms. The van der Waals surface area contributed by atoms with E-state index in [4.69, 9.17) is 26.8 Å². The number of nitrogens with zero attached hydrogens (tertiary/aromatic N) is 3. The van der Waals surface area contributed by atoms with Crippen LogP contribution in [0, 0.1) is 5.41 Å². The summed E-state index contributed by atoms with van der Waals surface area (Å²) in [5.41, 5.74) is 11.8. The van der Waals surface area contributed by atoms with Crippen LogP contribution in [0.4, 0.5) is 0 Å². The van der Waals surface area contributed by atoms with Gasteiger partial charge in [-0.25, -0.2) is 9.97 Å². The van der Waals surface area contributed by atoms with Crippen molar-refractivity contribution >= 4 is 18.0 Å². The van der Waals surface area contributed by atoms with Crippen molar-refractivity contribution in [2.75, 3.05) is 0 Å². The standard InChI is InChI=1S/C20H26N6O5/c1-2-3-5-11(27)13-14-15(31-19(30-14)18-24-8-4-9-25-18)17(22)20(10-26-23,16(13)21)7-6-12(28)29/h4,8-10,17,19H,2-3,5-7,21-23H2,1H3,(H,28,29). The van der Waals surface area contributed by atoms with Gasteiger partial charge in [0, 0.05) is 37.1 Å². The number of hydrazone groups is 1. The molecule has 3 atom stereocenters. The number of carboxylic acid groups (broad SMARTS) is 1. The highest BCUT2D eigenvalue weighted by atomic mass is 16.7. The molecule has 7 N–H and O–H groups in total. The third kappa shape index (κ3) is 4.08. The summed E-state index contributed by atoms with van der Waals surface area (Å²) in [6.45, 7) is 1.96. The van der Waals surface area contributed by atoms with Crippen LogP contribution in [0.15, 0.2) is 46.3 Å². The number of rotatable bonds is 9. The quantitative estimate of drug-likeness (QED) is 0.248. The SMILES string of the molecule is CCCCC(=O)C1=C(N)C(C=NN)(CCC(=O)O)C(N)C2=C1OC(c1ncccn1)O2. The molecule has 0 fully saturated rings. The van der Waals surface area contributed by atoms with Crippen molar-refractivity contribution in [3.8, 4) is 0 Å². The number of carbonyl (C=O) groups is 2. The first-order valence-electron chi connectivity index (χ1n) is 9.95. The van der Waals surface area contributed by atoms with Crippen molar-refractivity contribution in [1.82, 2.24) is 9.97 Å². The van der Waals surface area contributed by atoms with E-state index < -0.39 is 23.7 Å². The maximum Gasteiger partial charge on any atom is 0.303 e. The van der Waals surface area contributed by atoms with E-state index in [0.717, 1.165) is 6.42 Å². The fraction of sp³-hybridized carbons (Fsp3) is 0.450. The van der Waals surface area contributed by atoms with E-state index in [1.54, 1.807) is 6.07 Å². The number of hydrogen-bond acceptors (Lipinski definition) is 10. The Balaban J connectivity index is 2.09. The molecule has 1 aromatic rings. The molecule has 11 nitrogen and oxygen atoms in total. The summed E-state index contributed by atoms with van der Waals surface area (Å²) in [6, 6.07) is 0.662. The van der Waals surface area contributed by atoms with Crippen molar-refractivity contribution in [1.29, 1.82) is 0 Å². The number of allylic oxidation sites excluding steroid dienone is 1. The molecule has 3 unspecified atom stereocenters. The lowest BCUT2D eigenvalue weighted by atomic mass is 9.68. The van der Waals surface area contributed by atoms with Gasteiger partial charge in [-0.2, -0.15) is 5.10 Å². The van der Waals surface area contributed by atoms with E-state index in [1.807, 2.05) is 6.92 Å². The second kappa shape index (κ2) is 9.13. The van der Waals surface area contributed by atoms with Crippen LogP contribution < -0.4 is 17.3 Å². The lowest BCUT2D eigenvalue weighted by Crippen LogP contribution is -2.52. The van der Waals surface area contributed by atoms with Crippen LogP contribution in [-0.2, 0) is 19.1 Å². The maximum atomic E-state index is 13.1. The molecule has 1 aromatic heterocycles. The fourth-order valence-corrected chi connectivity index (χ4v) is 3.74. The maximum absolute atomic E-state index is 13.1. The summed E-state index contributed by atoms with van der Waals surface area (Å²) in [5, 5.41) is 12.8. The average molecular weight is 430 g/mol. The first-order chi connectivity index (χ1) is 14.9. The lowest BCUT2D eigenvalue weighted by Gasteiger charge is -2.39. The molecular weight excluding hydrogens is 404 g/mol. The van der Waals surface area contributed by atoms with Crippen LogP contribution in [0.2, 0.25) is 0 Å². The second-order valence-corrected chi connectivity index (χ2v) is 7.37. The monoisotopic (exact) mass is 430 g/mol. The molecule has 1 aliphatic carbocycles. The van der Waals surface area contributed by atoms with E-state index >= 15 is 0 Å². The number of carbonyl (C=O) groups excluding carboxylic acids is 1. The molecule has 166 valence electrons. The highest BCUT2D eigenvalue weighted by Gasteiger charge is 2.53. The fourth-order valence-electron chi connectivity index (χ4n) is 3.74. The number of nitrogens with two attached hydrogens (primary N) is 3. The Labute approximate surface area is 179 Å². The third-order valence-corrected chi connectivity index (χ3v) is 5.41. The van der Waals surface area contributed by atoms with Crippen molar-refractivity contribution in [2.24, 2.45) is 27.8 Å². The van der Waals surface area contributed by atoms with Gasteiger partial charge in [-0.05, 0) is 18.9 Å². The Morgan fingerprint density at radius 1 is 1.29 bits per heavy atom. The number of unbranched alkanes of at least 4 members (excludes halogenated alkanes) is 1. The highest BCUT2D eigenvalue weighted by Crippen LogP contribution is 2.49. The predicted molar refractivity (Wildman–Crippen MR) is 110 cm³/mol. The first kappa shape index (κ1) is 22.2. The largest absolute Gasteiger partial charge is 0.481 e. The van der Waals surface area contributed by atoms with E-state index in [0.29, 0.717) is 6.42 Å². The lowest BCUT2D eigenvalue weighted by molar-refractivity contribution is -0.137. The van der Waals surface area contributed by atoms with Crippen LogP contribution >= 0.6 is 0 Å². The Morgan fingerprint density at radius 3 is 2.61 bits per heavy atom. The third-order valence-electron chi connectivity index (χ3n) is 5.41. The molecule has 0 amide bonds. The molecule has 2 heterocycles. The Bertz CT molecular complexity index is 945. The molecular formula is C20H26N6O5. The van der Waals surface area contributed by atoms with E-state index in [9.17, 15) is 14.7 Å². The number of aromatic nitrogens is 2. The minimum atomic E-state index is -1.33. The molecule has 0 aromatic carbocycles. The zero-order valence-corrected chi connectivity index (χ0v) is 17.2. The van der Waals surface area contributed by atoms with Gasteiger partial charge in [0.15, 0.2) is 17.3 Å². The molecule has 0 bridgehead atoms. The Hall–Kier alpha value is -3.47. The number of ether oxygens (including phenoxy) is 2. The molecule has 0 radical (unpaired) electrons. The van der Waals surface area contributed by atoms with Crippen molar-refractivity contribution < 1.29 is 24.2 Å². The van der Waals surface area contributed by atoms with Gasteiger partial charge < -0.3 is 31.9 Å². The average Bonchev–Trinajstić information content (AvgIpc) is 3.20. The van der Waals surface area contributed by atoms with Gasteiger partial charge in [0.1, 0.15) is 0 Å². The summed E-state index contributed by atoms with van der Waals surface area (Å²) in [4.78, 5) is 32.7. The smallest absolute Gasteiger partial charge is 0.303 e. The molecule has 11 heteroatoms. The highest BCUT2D eigenvalue weighted by molar-refractivity contribution is 6.01. The number of aliphatic carboxylic acids is 1. The Kier molecular flexibility index (Phi) is 6.54. The number of ketones is 1. The zero-order chi connectivity index (χ0) is 22.6. The minimum Gasteiger partial charge on any atom is -0.481 e. The van der Waals surface area contributed by atoms with Gasteiger partial charge in [-0.1, -0.05) is 13.3 Å². The summed E-state index contributed by atoms with van der Waals surface area (Å²) in [6.07, 6.45) is 4.68. The van der Waals surface area contributed by atoms with E-state index in [-0.39, 0.29) is 53.7 Å². The number of hydrogen-bond donors (Lipinski definition) is 4. The summed E-state index contributed by atoms with van der Waals surface area (Å²) < 4.78 is 11.8. The molecule has 0 saturated carbocycles. The van der Waals surface area contributed by atoms with Gasteiger partial charge in [-0.15, -0.1) is 0 Å². The van der Waals surface area contributed by atoms with Gasteiger partial charge >= 0.3 is 12.3 Å². The molecule has 1 aliphatic heterocycles. The van der Waals surface area contributed by atoms with Crippen LogP contribution in [-0.4, -0.2) is 39.1 Å². The van der Waals surface area contributed by atoms with Gasteiger partial charge in [0.2, 0.25) is 5.82 Å². The topological polar surface area (TPSA) is 189 Å². The second-order valence-electron chi connectivity index (χ2n) is 7.37. The van der Waals surface area contributed by atoms with Gasteiger partial charge in [-0.3, -0.25) is 9.59 Å². The van der Waals surface area contributed by atoms with Gasteiger partial charge in [0.25, 0.3) is 0 Å². The number of carboxylic acids is 1. The minimum absolute atomic E-state index is 0.0345. The molecule has 3 rings (SSSR count). The molecule has 2 aliphatic rings. The van der Waals surface area contributed by atoms with Crippen LogP contribution in [0.1, 0.15) is 51.1 Å². The van der Waals surface area contributed by atoms with Crippen LogP contribution in [0.5, 0.6) is 0 Å². The van der Waals surface area contributed by atoms with Crippen LogP contribution in [0.3, 0.4) is 0 Å². The summed E-state index contributed by atoms with van der Waals surface area (Å²) >= 11 is 0. The van der Waals surface area contributed by atoms with Crippen molar-refractivity contribution in [3.05, 3.63) is 47.1 Å².